The number of para-hydroxylation sites is 1. The number of aliphatic carboxylic acids is 1. The highest BCUT2D eigenvalue weighted by Crippen LogP contribution is 2.30. The molecule has 31 heavy (non-hydrogen) atoms. The Balaban J connectivity index is 1.49. The van der Waals surface area contributed by atoms with Gasteiger partial charge >= 0.3 is 5.97 Å². The van der Waals surface area contributed by atoms with Gasteiger partial charge in [0, 0.05) is 22.8 Å². The fourth-order valence-electron chi connectivity index (χ4n) is 3.87. The van der Waals surface area contributed by atoms with E-state index in [1.165, 1.54) is 12.1 Å². The molecule has 1 atom stereocenters. The van der Waals surface area contributed by atoms with E-state index < -0.39 is 11.9 Å². The number of carbonyl (C=O) groups is 1. The lowest BCUT2D eigenvalue weighted by molar-refractivity contribution is -0.141. The first kappa shape index (κ1) is 20.6. The van der Waals surface area contributed by atoms with Gasteiger partial charge in [0.2, 0.25) is 0 Å². The SMILES string of the molecule is O=C(O)C(CCCc1ccc(F)cc1)C/C(=N\O)c1ccc2oc3ccccc3c2c1. The van der Waals surface area contributed by atoms with Gasteiger partial charge in [0.25, 0.3) is 0 Å². The zero-order chi connectivity index (χ0) is 21.8. The van der Waals surface area contributed by atoms with E-state index in [0.29, 0.717) is 30.5 Å². The van der Waals surface area contributed by atoms with Crippen LogP contribution >= 0.6 is 0 Å². The number of carboxylic acids is 1. The Labute approximate surface area is 178 Å². The molecule has 1 heterocycles. The first-order valence-electron chi connectivity index (χ1n) is 10.1. The molecule has 0 saturated heterocycles. The van der Waals surface area contributed by atoms with Crippen molar-refractivity contribution in [3.05, 3.63) is 83.7 Å². The summed E-state index contributed by atoms with van der Waals surface area (Å²) in [6.45, 7) is 0. The van der Waals surface area contributed by atoms with Crippen LogP contribution in [0.5, 0.6) is 0 Å². The summed E-state index contributed by atoms with van der Waals surface area (Å²) in [4.78, 5) is 11.8. The van der Waals surface area contributed by atoms with Gasteiger partial charge in [-0.25, -0.2) is 4.39 Å². The van der Waals surface area contributed by atoms with Gasteiger partial charge in [-0.3, -0.25) is 4.79 Å². The Morgan fingerprint density at radius 2 is 1.74 bits per heavy atom. The van der Waals surface area contributed by atoms with Gasteiger partial charge < -0.3 is 14.7 Å². The fraction of sp³-hybridized carbons (Fsp3) is 0.200. The van der Waals surface area contributed by atoms with E-state index in [0.717, 1.165) is 27.5 Å². The van der Waals surface area contributed by atoms with Gasteiger partial charge in [-0.1, -0.05) is 35.5 Å². The van der Waals surface area contributed by atoms with Crippen LogP contribution < -0.4 is 0 Å². The van der Waals surface area contributed by atoms with Gasteiger partial charge in [0.1, 0.15) is 17.0 Å². The Morgan fingerprint density at radius 1 is 1.00 bits per heavy atom. The number of furan rings is 1. The molecule has 0 saturated carbocycles. The monoisotopic (exact) mass is 419 g/mol. The second-order valence-electron chi connectivity index (χ2n) is 7.61. The molecular formula is C25H22FNO4. The summed E-state index contributed by atoms with van der Waals surface area (Å²) in [5.74, 6) is -1.92. The van der Waals surface area contributed by atoms with E-state index in [4.69, 9.17) is 4.42 Å². The molecule has 0 bridgehead atoms. The third-order valence-electron chi connectivity index (χ3n) is 5.55. The maximum absolute atomic E-state index is 13.0. The van der Waals surface area contributed by atoms with Crippen LogP contribution in [0.1, 0.15) is 30.4 Å². The summed E-state index contributed by atoms with van der Waals surface area (Å²) in [5, 5.41) is 24.5. The average Bonchev–Trinajstić information content (AvgIpc) is 3.15. The van der Waals surface area contributed by atoms with Gasteiger partial charge in [0.05, 0.1) is 11.6 Å². The molecule has 6 heteroatoms. The molecule has 3 aromatic carbocycles. The van der Waals surface area contributed by atoms with Crippen molar-refractivity contribution in [2.24, 2.45) is 11.1 Å². The van der Waals surface area contributed by atoms with E-state index in [1.807, 2.05) is 30.3 Å². The van der Waals surface area contributed by atoms with Gasteiger partial charge in [-0.05, 0) is 61.2 Å². The van der Waals surface area contributed by atoms with Gasteiger partial charge in [-0.15, -0.1) is 0 Å². The van der Waals surface area contributed by atoms with E-state index in [-0.39, 0.29) is 12.2 Å². The Morgan fingerprint density at radius 3 is 2.48 bits per heavy atom. The maximum atomic E-state index is 13.0. The van der Waals surface area contributed by atoms with E-state index in [1.54, 1.807) is 24.3 Å². The maximum Gasteiger partial charge on any atom is 0.306 e. The number of oxime groups is 1. The highest BCUT2D eigenvalue weighted by atomic mass is 19.1. The van der Waals surface area contributed by atoms with Gasteiger partial charge in [-0.2, -0.15) is 0 Å². The minimum absolute atomic E-state index is 0.108. The summed E-state index contributed by atoms with van der Waals surface area (Å²) in [7, 11) is 0. The zero-order valence-corrected chi connectivity index (χ0v) is 16.8. The van der Waals surface area contributed by atoms with Gasteiger partial charge in [0.15, 0.2) is 0 Å². The molecule has 2 N–H and O–H groups in total. The second-order valence-corrected chi connectivity index (χ2v) is 7.61. The smallest absolute Gasteiger partial charge is 0.306 e. The molecule has 0 spiro atoms. The number of carboxylic acid groups (broad SMARTS) is 1. The number of fused-ring (bicyclic) bond motifs is 3. The first-order valence-corrected chi connectivity index (χ1v) is 10.1. The van der Waals surface area contributed by atoms with Crippen LogP contribution in [0.2, 0.25) is 0 Å². The molecule has 0 aliphatic heterocycles. The van der Waals surface area contributed by atoms with Crippen molar-refractivity contribution in [1.29, 1.82) is 0 Å². The minimum Gasteiger partial charge on any atom is -0.481 e. The fourth-order valence-corrected chi connectivity index (χ4v) is 3.87. The molecule has 1 unspecified atom stereocenters. The zero-order valence-electron chi connectivity index (χ0n) is 16.8. The number of nitrogens with zero attached hydrogens (tertiary/aromatic N) is 1. The van der Waals surface area contributed by atoms with Crippen LogP contribution in [0.15, 0.2) is 76.3 Å². The number of rotatable bonds is 8. The Hall–Kier alpha value is -3.67. The first-order chi connectivity index (χ1) is 15.0. The topological polar surface area (TPSA) is 83.0 Å². The van der Waals surface area contributed by atoms with Crippen LogP contribution in [-0.4, -0.2) is 22.0 Å². The largest absolute Gasteiger partial charge is 0.481 e. The molecule has 4 aromatic rings. The number of aryl methyl sites for hydroxylation is 1. The van der Waals surface area contributed by atoms with Crippen LogP contribution in [0.3, 0.4) is 0 Å². The number of benzene rings is 3. The summed E-state index contributed by atoms with van der Waals surface area (Å²) in [5.41, 5.74) is 3.42. The van der Waals surface area contributed by atoms with Crippen molar-refractivity contribution in [2.45, 2.75) is 25.7 Å². The Kier molecular flexibility index (Phi) is 5.98. The molecule has 5 nitrogen and oxygen atoms in total. The van der Waals surface area contributed by atoms with Crippen LogP contribution in [0.4, 0.5) is 4.39 Å². The average molecular weight is 419 g/mol. The summed E-state index contributed by atoms with van der Waals surface area (Å²) < 4.78 is 18.9. The molecule has 0 fully saturated rings. The highest BCUT2D eigenvalue weighted by Gasteiger charge is 2.22. The number of hydrogen-bond donors (Lipinski definition) is 2. The molecule has 0 aliphatic rings. The van der Waals surface area contributed by atoms with Crippen molar-refractivity contribution in [1.82, 2.24) is 0 Å². The summed E-state index contributed by atoms with van der Waals surface area (Å²) in [6.07, 6.45) is 1.81. The number of halogens is 1. The third-order valence-corrected chi connectivity index (χ3v) is 5.55. The van der Waals surface area contributed by atoms with Crippen LogP contribution in [0, 0.1) is 11.7 Å². The van der Waals surface area contributed by atoms with E-state index in [2.05, 4.69) is 5.16 Å². The van der Waals surface area contributed by atoms with E-state index >= 15 is 0 Å². The van der Waals surface area contributed by atoms with Crippen molar-refractivity contribution in [3.8, 4) is 0 Å². The van der Waals surface area contributed by atoms with Crippen molar-refractivity contribution < 1.29 is 23.9 Å². The lowest BCUT2D eigenvalue weighted by Crippen LogP contribution is -2.19. The normalized spacial score (nSPS) is 13.0. The lowest BCUT2D eigenvalue weighted by Gasteiger charge is -2.13. The van der Waals surface area contributed by atoms with Crippen molar-refractivity contribution in [3.63, 3.8) is 0 Å². The van der Waals surface area contributed by atoms with Crippen molar-refractivity contribution in [2.75, 3.05) is 0 Å². The second kappa shape index (κ2) is 9.00. The molecular weight excluding hydrogens is 397 g/mol. The van der Waals surface area contributed by atoms with E-state index in [9.17, 15) is 19.5 Å². The predicted octanol–water partition coefficient (Wildman–Crippen LogP) is 6.02. The lowest BCUT2D eigenvalue weighted by atomic mass is 9.92. The van der Waals surface area contributed by atoms with Crippen molar-refractivity contribution >= 4 is 33.6 Å². The molecule has 0 radical (unpaired) electrons. The molecule has 0 aliphatic carbocycles. The summed E-state index contributed by atoms with van der Waals surface area (Å²) >= 11 is 0. The predicted molar refractivity (Wildman–Crippen MR) is 117 cm³/mol. The Bertz CT molecular complexity index is 1240. The molecule has 0 amide bonds. The minimum atomic E-state index is -0.935. The molecule has 1 aromatic heterocycles. The van der Waals surface area contributed by atoms with Crippen LogP contribution in [0.25, 0.3) is 21.9 Å². The standard InChI is InChI=1S/C25H22FNO4/c26-19-11-8-16(9-12-19)4-3-5-18(25(28)29)15-22(27-30)17-10-13-24-21(14-17)20-6-1-2-7-23(20)31-24/h1-2,6-14,18,30H,3-5,15H2,(H,28,29)/b27-22+. The van der Waals surface area contributed by atoms with Crippen LogP contribution in [-0.2, 0) is 11.2 Å². The number of hydrogen-bond acceptors (Lipinski definition) is 4. The third kappa shape index (κ3) is 4.58. The highest BCUT2D eigenvalue weighted by molar-refractivity contribution is 6.10. The summed E-state index contributed by atoms with van der Waals surface area (Å²) in [6, 6.07) is 19.3. The molecule has 158 valence electrons. The quantitative estimate of drug-likeness (QED) is 0.208. The molecule has 4 rings (SSSR count).